The fourth-order valence-corrected chi connectivity index (χ4v) is 2.13. The van der Waals surface area contributed by atoms with E-state index in [0.717, 1.165) is 10.0 Å². The largest absolute Gasteiger partial charge is 0.328 e. The smallest absolute Gasteiger partial charge is 0.319 e. The lowest BCUT2D eigenvalue weighted by Gasteiger charge is -2.14. The highest BCUT2D eigenvalue weighted by atomic mass is 79.9. The second-order valence-corrected chi connectivity index (χ2v) is 5.21. The van der Waals surface area contributed by atoms with Gasteiger partial charge in [0.2, 0.25) is 0 Å². The van der Waals surface area contributed by atoms with Gasteiger partial charge in [0, 0.05) is 11.5 Å². The fraction of sp³-hybridized carbons (Fsp3) is 0.333. The van der Waals surface area contributed by atoms with Gasteiger partial charge < -0.3 is 10.6 Å². The molecule has 1 aromatic heterocycles. The van der Waals surface area contributed by atoms with Gasteiger partial charge in [-0.25, -0.2) is 9.48 Å². The molecule has 2 N–H and O–H groups in total. The Morgan fingerprint density at radius 3 is 2.85 bits per heavy atom. The van der Waals surface area contributed by atoms with Gasteiger partial charge in [-0.2, -0.15) is 0 Å². The quantitative estimate of drug-likeness (QED) is 0.898. The summed E-state index contributed by atoms with van der Waals surface area (Å²) in [4.78, 5) is 12.0. The predicted octanol–water partition coefficient (Wildman–Crippen LogP) is 2.16. The van der Waals surface area contributed by atoms with Crippen LogP contribution in [-0.2, 0) is 7.05 Å². The molecule has 7 nitrogen and oxygen atoms in total. The summed E-state index contributed by atoms with van der Waals surface area (Å²) in [5.74, 6) is 0.587. The van der Waals surface area contributed by atoms with Gasteiger partial charge >= 0.3 is 6.03 Å². The third-order valence-corrected chi connectivity index (χ3v) is 3.88. The van der Waals surface area contributed by atoms with Crippen LogP contribution in [0.1, 0.15) is 24.4 Å². The summed E-state index contributed by atoms with van der Waals surface area (Å²) >= 11 is 3.45. The number of nitrogens with zero attached hydrogens (tertiary/aromatic N) is 4. The Morgan fingerprint density at radius 2 is 2.20 bits per heavy atom. The Balaban J connectivity index is 2.03. The van der Waals surface area contributed by atoms with E-state index < -0.39 is 0 Å². The zero-order valence-corrected chi connectivity index (χ0v) is 13.0. The zero-order chi connectivity index (χ0) is 14.7. The van der Waals surface area contributed by atoms with Gasteiger partial charge in [0.15, 0.2) is 5.82 Å². The SMILES string of the molecule is Cc1cccc(NC(=O)N[C@@H](C)c2nnnn2C)c1Br. The molecule has 0 aliphatic heterocycles. The first-order valence-corrected chi connectivity index (χ1v) is 6.83. The van der Waals surface area contributed by atoms with Crippen molar-refractivity contribution in [1.29, 1.82) is 0 Å². The monoisotopic (exact) mass is 338 g/mol. The molecule has 2 amide bonds. The van der Waals surface area contributed by atoms with Crippen LogP contribution in [-0.4, -0.2) is 26.2 Å². The Hall–Kier alpha value is -1.96. The topological polar surface area (TPSA) is 84.7 Å². The van der Waals surface area contributed by atoms with Crippen molar-refractivity contribution < 1.29 is 4.79 Å². The Kier molecular flexibility index (Phi) is 4.33. The molecular formula is C12H15BrN6O. The fourth-order valence-electron chi connectivity index (χ4n) is 1.77. The third kappa shape index (κ3) is 3.13. The molecule has 0 aliphatic carbocycles. The summed E-state index contributed by atoms with van der Waals surface area (Å²) < 4.78 is 2.39. The normalized spacial score (nSPS) is 12.0. The lowest BCUT2D eigenvalue weighted by Crippen LogP contribution is -2.32. The van der Waals surface area contributed by atoms with E-state index in [-0.39, 0.29) is 12.1 Å². The molecule has 0 spiro atoms. The van der Waals surface area contributed by atoms with E-state index in [1.165, 1.54) is 4.68 Å². The number of aromatic nitrogens is 4. The highest BCUT2D eigenvalue weighted by Crippen LogP contribution is 2.25. The van der Waals surface area contributed by atoms with Crippen LogP contribution in [0, 0.1) is 6.92 Å². The first-order chi connectivity index (χ1) is 9.49. The van der Waals surface area contributed by atoms with Gasteiger partial charge in [0.05, 0.1) is 11.7 Å². The molecule has 1 atom stereocenters. The number of amides is 2. The summed E-state index contributed by atoms with van der Waals surface area (Å²) in [6.45, 7) is 3.78. The molecule has 2 rings (SSSR count). The first kappa shape index (κ1) is 14.4. The number of hydrogen-bond acceptors (Lipinski definition) is 4. The number of anilines is 1. The van der Waals surface area contributed by atoms with E-state index in [1.807, 2.05) is 32.0 Å². The molecule has 0 radical (unpaired) electrons. The summed E-state index contributed by atoms with van der Waals surface area (Å²) in [6, 6.07) is 5.06. The molecule has 0 saturated heterocycles. The minimum atomic E-state index is -0.313. The Labute approximate surface area is 124 Å². The number of carbonyl (C=O) groups excluding carboxylic acids is 1. The molecule has 2 aromatic rings. The van der Waals surface area contributed by atoms with E-state index >= 15 is 0 Å². The number of halogens is 1. The molecule has 0 bridgehead atoms. The van der Waals surface area contributed by atoms with Crippen LogP contribution in [0.4, 0.5) is 10.5 Å². The van der Waals surface area contributed by atoms with Crippen molar-refractivity contribution in [3.8, 4) is 0 Å². The van der Waals surface area contributed by atoms with E-state index in [4.69, 9.17) is 0 Å². The molecule has 0 saturated carbocycles. The highest BCUT2D eigenvalue weighted by Gasteiger charge is 2.15. The third-order valence-electron chi connectivity index (χ3n) is 2.83. The lowest BCUT2D eigenvalue weighted by atomic mass is 10.2. The van der Waals surface area contributed by atoms with Crippen LogP contribution < -0.4 is 10.6 Å². The predicted molar refractivity (Wildman–Crippen MR) is 78.2 cm³/mol. The highest BCUT2D eigenvalue weighted by molar-refractivity contribution is 9.10. The number of tetrazole rings is 1. The molecule has 0 unspecified atom stereocenters. The maximum Gasteiger partial charge on any atom is 0.319 e. The van der Waals surface area contributed by atoms with Crippen molar-refractivity contribution in [2.75, 3.05) is 5.32 Å². The van der Waals surface area contributed by atoms with Gasteiger partial charge in [-0.1, -0.05) is 12.1 Å². The lowest BCUT2D eigenvalue weighted by molar-refractivity contribution is 0.248. The molecule has 8 heteroatoms. The average Bonchev–Trinajstić information content (AvgIpc) is 2.81. The summed E-state index contributed by atoms with van der Waals surface area (Å²) in [5.41, 5.74) is 1.76. The van der Waals surface area contributed by atoms with Crippen LogP contribution in [0.25, 0.3) is 0 Å². The Morgan fingerprint density at radius 1 is 1.45 bits per heavy atom. The van der Waals surface area contributed by atoms with Crippen LogP contribution in [0.2, 0.25) is 0 Å². The van der Waals surface area contributed by atoms with E-state index in [9.17, 15) is 4.79 Å². The van der Waals surface area contributed by atoms with Gasteiger partial charge in [0.1, 0.15) is 0 Å². The second kappa shape index (κ2) is 6.00. The first-order valence-electron chi connectivity index (χ1n) is 6.04. The van der Waals surface area contributed by atoms with Crippen molar-refractivity contribution in [1.82, 2.24) is 25.5 Å². The number of urea groups is 1. The minimum Gasteiger partial charge on any atom is -0.328 e. The molecule has 0 aliphatic rings. The summed E-state index contributed by atoms with van der Waals surface area (Å²) in [7, 11) is 1.72. The molecule has 1 heterocycles. The van der Waals surface area contributed by atoms with E-state index in [1.54, 1.807) is 7.05 Å². The van der Waals surface area contributed by atoms with Crippen molar-refractivity contribution in [2.45, 2.75) is 19.9 Å². The van der Waals surface area contributed by atoms with Crippen molar-refractivity contribution in [3.63, 3.8) is 0 Å². The van der Waals surface area contributed by atoms with Gasteiger partial charge in [0.25, 0.3) is 0 Å². The van der Waals surface area contributed by atoms with Crippen molar-refractivity contribution in [2.24, 2.45) is 7.05 Å². The van der Waals surface area contributed by atoms with Crippen LogP contribution in [0.3, 0.4) is 0 Å². The van der Waals surface area contributed by atoms with Crippen LogP contribution in [0.15, 0.2) is 22.7 Å². The molecule has 20 heavy (non-hydrogen) atoms. The average molecular weight is 339 g/mol. The molecule has 1 aromatic carbocycles. The van der Waals surface area contributed by atoms with Gasteiger partial charge in [-0.15, -0.1) is 5.10 Å². The number of hydrogen-bond donors (Lipinski definition) is 2. The maximum atomic E-state index is 12.0. The van der Waals surface area contributed by atoms with Crippen LogP contribution >= 0.6 is 15.9 Å². The van der Waals surface area contributed by atoms with Gasteiger partial charge in [-0.3, -0.25) is 0 Å². The summed E-state index contributed by atoms with van der Waals surface area (Å²) in [5, 5.41) is 16.7. The number of nitrogens with one attached hydrogen (secondary N) is 2. The number of aryl methyl sites for hydroxylation is 2. The van der Waals surface area contributed by atoms with E-state index in [0.29, 0.717) is 11.5 Å². The maximum absolute atomic E-state index is 12.0. The Bertz CT molecular complexity index is 626. The number of benzene rings is 1. The zero-order valence-electron chi connectivity index (χ0n) is 11.4. The van der Waals surface area contributed by atoms with Crippen molar-refractivity contribution in [3.05, 3.63) is 34.1 Å². The molecule has 106 valence electrons. The second-order valence-electron chi connectivity index (χ2n) is 4.42. The van der Waals surface area contributed by atoms with Gasteiger partial charge in [-0.05, 0) is 51.8 Å². The standard InChI is InChI=1S/C12H15BrN6O/c1-7-5-4-6-9(10(7)13)15-12(20)14-8(2)11-16-17-18-19(11)3/h4-6,8H,1-3H3,(H2,14,15,20)/t8-/m0/s1. The number of carbonyl (C=O) groups is 1. The molecular weight excluding hydrogens is 324 g/mol. The van der Waals surface area contributed by atoms with Crippen molar-refractivity contribution >= 4 is 27.6 Å². The van der Waals surface area contributed by atoms with E-state index in [2.05, 4.69) is 42.1 Å². The van der Waals surface area contributed by atoms with Crippen LogP contribution in [0.5, 0.6) is 0 Å². The summed E-state index contributed by atoms with van der Waals surface area (Å²) in [6.07, 6.45) is 0. The number of rotatable bonds is 3. The minimum absolute atomic E-state index is 0.293. The molecule has 0 fully saturated rings.